The second-order valence-electron chi connectivity index (χ2n) is 6.62. The number of rotatable bonds is 6. The molecule has 2 aliphatic heterocycles. The van der Waals surface area contributed by atoms with Gasteiger partial charge in [-0.05, 0) is 24.8 Å². The monoisotopic (exact) mass is 332 g/mol. The highest BCUT2D eigenvalue weighted by Gasteiger charge is 2.25. The van der Waals surface area contributed by atoms with E-state index in [1.807, 2.05) is 11.0 Å². The lowest BCUT2D eigenvalue weighted by atomic mass is 10.1. The van der Waals surface area contributed by atoms with Crippen LogP contribution in [-0.2, 0) is 20.7 Å². The van der Waals surface area contributed by atoms with E-state index in [1.165, 1.54) is 5.56 Å². The van der Waals surface area contributed by atoms with Crippen LogP contribution in [-0.4, -0.2) is 62.4 Å². The van der Waals surface area contributed by atoms with Gasteiger partial charge < -0.3 is 19.7 Å². The molecule has 5 nitrogen and oxygen atoms in total. The van der Waals surface area contributed by atoms with Crippen LogP contribution in [0.1, 0.15) is 24.8 Å². The molecule has 0 radical (unpaired) electrons. The van der Waals surface area contributed by atoms with Gasteiger partial charge in [0.05, 0.1) is 25.9 Å². The van der Waals surface area contributed by atoms with Crippen molar-refractivity contribution in [2.24, 2.45) is 0 Å². The van der Waals surface area contributed by atoms with Gasteiger partial charge in [-0.25, -0.2) is 0 Å². The van der Waals surface area contributed by atoms with E-state index in [2.05, 4.69) is 29.6 Å². The highest BCUT2D eigenvalue weighted by molar-refractivity contribution is 5.77. The van der Waals surface area contributed by atoms with Gasteiger partial charge in [-0.2, -0.15) is 0 Å². The summed E-state index contributed by atoms with van der Waals surface area (Å²) in [6.45, 7) is 4.60. The third-order valence-electron chi connectivity index (χ3n) is 4.80. The number of nitrogens with one attached hydrogen (secondary N) is 1. The van der Waals surface area contributed by atoms with Crippen molar-refractivity contribution >= 4 is 5.91 Å². The molecule has 1 aromatic rings. The highest BCUT2D eigenvalue weighted by atomic mass is 16.5. The molecule has 0 aromatic heterocycles. The molecule has 2 saturated heterocycles. The van der Waals surface area contributed by atoms with Gasteiger partial charge >= 0.3 is 0 Å². The minimum atomic E-state index is 0.172. The topological polar surface area (TPSA) is 50.8 Å². The predicted octanol–water partition coefficient (Wildman–Crippen LogP) is 1.62. The van der Waals surface area contributed by atoms with E-state index in [1.54, 1.807) is 0 Å². The molecule has 0 bridgehead atoms. The van der Waals surface area contributed by atoms with Crippen molar-refractivity contribution in [3.8, 4) is 0 Å². The van der Waals surface area contributed by atoms with Gasteiger partial charge in [-0.15, -0.1) is 0 Å². The number of ether oxygens (including phenoxy) is 2. The number of hydrogen-bond donors (Lipinski definition) is 1. The number of carbonyl (C=O) groups excluding carboxylic acids is 1. The first kappa shape index (κ1) is 17.4. The van der Waals surface area contributed by atoms with Gasteiger partial charge in [-0.1, -0.05) is 30.3 Å². The maximum atomic E-state index is 12.4. The lowest BCUT2D eigenvalue weighted by molar-refractivity contribution is -0.135. The van der Waals surface area contributed by atoms with E-state index >= 15 is 0 Å². The third-order valence-corrected chi connectivity index (χ3v) is 4.80. The zero-order valence-corrected chi connectivity index (χ0v) is 14.3. The summed E-state index contributed by atoms with van der Waals surface area (Å²) in [7, 11) is 0. The summed E-state index contributed by atoms with van der Waals surface area (Å²) in [5.74, 6) is 0.237. The Kier molecular flexibility index (Phi) is 6.64. The molecule has 1 atom stereocenters. The predicted molar refractivity (Wildman–Crippen MR) is 92.9 cm³/mol. The molecule has 0 spiro atoms. The fourth-order valence-corrected chi connectivity index (χ4v) is 3.35. The van der Waals surface area contributed by atoms with Crippen LogP contribution >= 0.6 is 0 Å². The number of hydrogen-bond acceptors (Lipinski definition) is 4. The first-order valence-corrected chi connectivity index (χ1v) is 9.05. The summed E-state index contributed by atoms with van der Waals surface area (Å²) in [5.41, 5.74) is 1.31. The lowest BCUT2D eigenvalue weighted by Gasteiger charge is -2.33. The van der Waals surface area contributed by atoms with Crippen LogP contribution in [0.15, 0.2) is 30.3 Å². The van der Waals surface area contributed by atoms with Gasteiger partial charge in [0.25, 0.3) is 0 Å². The average Bonchev–Trinajstić information content (AvgIpc) is 2.64. The van der Waals surface area contributed by atoms with Crippen molar-refractivity contribution in [2.75, 3.05) is 39.5 Å². The zero-order chi connectivity index (χ0) is 16.6. The Morgan fingerprint density at radius 2 is 2.04 bits per heavy atom. The van der Waals surface area contributed by atoms with Crippen molar-refractivity contribution in [2.45, 2.75) is 37.8 Å². The van der Waals surface area contributed by atoms with E-state index in [0.717, 1.165) is 52.1 Å². The van der Waals surface area contributed by atoms with Crippen LogP contribution in [0.5, 0.6) is 0 Å². The van der Waals surface area contributed by atoms with E-state index < -0.39 is 0 Å². The van der Waals surface area contributed by atoms with Crippen molar-refractivity contribution in [1.82, 2.24) is 10.2 Å². The smallest absolute Gasteiger partial charge is 0.224 e. The number of benzene rings is 1. The van der Waals surface area contributed by atoms with Gasteiger partial charge in [-0.3, -0.25) is 4.79 Å². The normalized spacial score (nSPS) is 22.5. The zero-order valence-electron chi connectivity index (χ0n) is 14.3. The molecule has 1 N–H and O–H groups in total. The molecule has 24 heavy (non-hydrogen) atoms. The molecule has 2 aliphatic rings. The Hall–Kier alpha value is -1.43. The minimum Gasteiger partial charge on any atom is -0.378 e. The van der Waals surface area contributed by atoms with E-state index in [4.69, 9.17) is 9.47 Å². The molecule has 1 aromatic carbocycles. The third kappa shape index (κ3) is 5.30. The Morgan fingerprint density at radius 3 is 2.75 bits per heavy atom. The summed E-state index contributed by atoms with van der Waals surface area (Å²) < 4.78 is 11.4. The molecule has 2 heterocycles. The average molecular weight is 332 g/mol. The molecule has 1 unspecified atom stereocenters. The van der Waals surface area contributed by atoms with Crippen LogP contribution in [0.3, 0.4) is 0 Å². The standard InChI is InChI=1S/C19H28N2O3/c22-19(14-17-15-23-13-9-20-17)21-10-6-18(7-11-21)24-12-8-16-4-2-1-3-5-16/h1-5,17-18,20H,6-15H2. The van der Waals surface area contributed by atoms with Gasteiger partial charge in [0, 0.05) is 32.1 Å². The Labute approximate surface area is 144 Å². The number of morpholine rings is 1. The first-order valence-electron chi connectivity index (χ1n) is 9.05. The number of likely N-dealkylation sites (tertiary alicyclic amines) is 1. The van der Waals surface area contributed by atoms with Crippen molar-refractivity contribution < 1.29 is 14.3 Å². The molecule has 5 heteroatoms. The van der Waals surface area contributed by atoms with E-state index in [-0.39, 0.29) is 18.1 Å². The van der Waals surface area contributed by atoms with Crippen LogP contribution in [0.4, 0.5) is 0 Å². The molecule has 2 fully saturated rings. The maximum absolute atomic E-state index is 12.4. The largest absolute Gasteiger partial charge is 0.378 e. The molecule has 3 rings (SSSR count). The SMILES string of the molecule is O=C(CC1COCCN1)N1CCC(OCCc2ccccc2)CC1. The second-order valence-corrected chi connectivity index (χ2v) is 6.62. The Morgan fingerprint density at radius 1 is 1.25 bits per heavy atom. The lowest BCUT2D eigenvalue weighted by Crippen LogP contribution is -2.47. The van der Waals surface area contributed by atoms with E-state index in [9.17, 15) is 4.79 Å². The van der Waals surface area contributed by atoms with Crippen molar-refractivity contribution in [3.05, 3.63) is 35.9 Å². The number of amides is 1. The molecular formula is C19H28N2O3. The summed E-state index contributed by atoms with van der Waals surface area (Å²) in [4.78, 5) is 14.3. The first-order chi connectivity index (χ1) is 11.8. The Balaban J connectivity index is 1.32. The van der Waals surface area contributed by atoms with Crippen molar-refractivity contribution in [1.29, 1.82) is 0 Å². The summed E-state index contributed by atoms with van der Waals surface area (Å²) in [6, 6.07) is 10.6. The number of piperidine rings is 1. The number of carbonyl (C=O) groups is 1. The number of nitrogens with zero attached hydrogens (tertiary/aromatic N) is 1. The van der Waals surface area contributed by atoms with Gasteiger partial charge in [0.1, 0.15) is 0 Å². The van der Waals surface area contributed by atoms with Crippen molar-refractivity contribution in [3.63, 3.8) is 0 Å². The van der Waals surface area contributed by atoms with Crippen LogP contribution in [0.2, 0.25) is 0 Å². The molecule has 1 amide bonds. The quantitative estimate of drug-likeness (QED) is 0.860. The fourth-order valence-electron chi connectivity index (χ4n) is 3.35. The summed E-state index contributed by atoms with van der Waals surface area (Å²) >= 11 is 0. The van der Waals surface area contributed by atoms with E-state index in [0.29, 0.717) is 13.0 Å². The summed E-state index contributed by atoms with van der Waals surface area (Å²) in [6.07, 6.45) is 3.66. The fraction of sp³-hybridized carbons (Fsp3) is 0.632. The van der Waals surface area contributed by atoms with Gasteiger partial charge in [0.2, 0.25) is 5.91 Å². The minimum absolute atomic E-state index is 0.172. The molecule has 0 aliphatic carbocycles. The summed E-state index contributed by atoms with van der Waals surface area (Å²) in [5, 5.41) is 3.34. The van der Waals surface area contributed by atoms with Crippen LogP contribution in [0, 0.1) is 0 Å². The molecular weight excluding hydrogens is 304 g/mol. The van der Waals surface area contributed by atoms with Crippen LogP contribution < -0.4 is 5.32 Å². The van der Waals surface area contributed by atoms with Gasteiger partial charge in [0.15, 0.2) is 0 Å². The Bertz CT molecular complexity index is 495. The highest BCUT2D eigenvalue weighted by Crippen LogP contribution is 2.16. The molecule has 132 valence electrons. The molecule has 0 saturated carbocycles. The second kappa shape index (κ2) is 9.16. The van der Waals surface area contributed by atoms with Crippen LogP contribution in [0.25, 0.3) is 0 Å². The maximum Gasteiger partial charge on any atom is 0.224 e.